The molecule has 0 saturated heterocycles. The predicted molar refractivity (Wildman–Crippen MR) is 102 cm³/mol. The van der Waals surface area contributed by atoms with Crippen molar-refractivity contribution in [3.8, 4) is 11.3 Å². The highest BCUT2D eigenvalue weighted by Crippen LogP contribution is 2.37. The number of carbonyl (C=O) groups is 1. The Morgan fingerprint density at radius 1 is 1.04 bits per heavy atom. The van der Waals surface area contributed by atoms with Crippen molar-refractivity contribution in [2.24, 2.45) is 0 Å². The Bertz CT molecular complexity index is 913. The van der Waals surface area contributed by atoms with E-state index in [0.29, 0.717) is 22.2 Å². The van der Waals surface area contributed by atoms with Gasteiger partial charge in [0.15, 0.2) is 0 Å². The molecule has 0 aliphatic heterocycles. The molecule has 0 spiro atoms. The van der Waals surface area contributed by atoms with Gasteiger partial charge in [-0.3, -0.25) is 0 Å². The SMILES string of the molecule is CCN(CC)c1c(-c2ccc(C)cc2)nc2ccccc2c1C(=O)O. The maximum Gasteiger partial charge on any atom is 0.338 e. The minimum Gasteiger partial charge on any atom is -0.478 e. The molecule has 25 heavy (non-hydrogen) atoms. The zero-order chi connectivity index (χ0) is 18.0. The van der Waals surface area contributed by atoms with Crippen LogP contribution in [0.5, 0.6) is 0 Å². The number of anilines is 1. The van der Waals surface area contributed by atoms with E-state index < -0.39 is 5.97 Å². The quantitative estimate of drug-likeness (QED) is 0.731. The lowest BCUT2D eigenvalue weighted by Crippen LogP contribution is -2.25. The molecule has 1 aromatic heterocycles. The minimum atomic E-state index is -0.922. The van der Waals surface area contributed by atoms with Gasteiger partial charge in [0.25, 0.3) is 0 Å². The zero-order valence-electron chi connectivity index (χ0n) is 14.8. The van der Waals surface area contributed by atoms with Crippen molar-refractivity contribution < 1.29 is 9.90 Å². The van der Waals surface area contributed by atoms with Gasteiger partial charge in [0, 0.05) is 24.0 Å². The molecule has 1 heterocycles. The van der Waals surface area contributed by atoms with E-state index >= 15 is 0 Å². The molecule has 0 unspecified atom stereocenters. The normalized spacial score (nSPS) is 10.8. The first kappa shape index (κ1) is 17.0. The Balaban J connectivity index is 2.43. The Hall–Kier alpha value is -2.88. The number of carboxylic acids is 1. The number of fused-ring (bicyclic) bond motifs is 1. The molecule has 4 nitrogen and oxygen atoms in total. The van der Waals surface area contributed by atoms with E-state index in [9.17, 15) is 9.90 Å². The summed E-state index contributed by atoms with van der Waals surface area (Å²) in [7, 11) is 0. The average molecular weight is 334 g/mol. The fourth-order valence-corrected chi connectivity index (χ4v) is 3.18. The molecule has 0 radical (unpaired) electrons. The Kier molecular flexibility index (Phi) is 4.70. The molecule has 0 aliphatic rings. The molecule has 0 fully saturated rings. The molecule has 3 rings (SSSR count). The Labute approximate surface area is 147 Å². The lowest BCUT2D eigenvalue weighted by molar-refractivity contribution is 0.0699. The first-order chi connectivity index (χ1) is 12.1. The summed E-state index contributed by atoms with van der Waals surface area (Å²) in [5, 5.41) is 10.6. The smallest absolute Gasteiger partial charge is 0.338 e. The van der Waals surface area contributed by atoms with Gasteiger partial charge in [-0.15, -0.1) is 0 Å². The van der Waals surface area contributed by atoms with Crippen molar-refractivity contribution in [3.63, 3.8) is 0 Å². The van der Waals surface area contributed by atoms with Gasteiger partial charge < -0.3 is 10.0 Å². The van der Waals surface area contributed by atoms with Crippen LogP contribution >= 0.6 is 0 Å². The van der Waals surface area contributed by atoms with Gasteiger partial charge in [0.05, 0.1) is 22.5 Å². The second-order valence-electron chi connectivity index (χ2n) is 6.04. The zero-order valence-corrected chi connectivity index (χ0v) is 14.8. The number of hydrogen-bond donors (Lipinski definition) is 1. The first-order valence-electron chi connectivity index (χ1n) is 8.54. The predicted octanol–water partition coefficient (Wildman–Crippen LogP) is 4.75. The van der Waals surface area contributed by atoms with Gasteiger partial charge in [-0.25, -0.2) is 9.78 Å². The summed E-state index contributed by atoms with van der Waals surface area (Å²) in [5.41, 5.74) is 4.53. The molecule has 0 amide bonds. The van der Waals surface area contributed by atoms with Crippen LogP contribution in [0.3, 0.4) is 0 Å². The standard InChI is InChI=1S/C21H22N2O2/c1-4-23(5-2)20-18(21(24)25)16-8-6-7-9-17(16)22-19(20)15-12-10-14(3)11-13-15/h6-13H,4-5H2,1-3H3,(H,24,25). The topological polar surface area (TPSA) is 53.4 Å². The van der Waals surface area contributed by atoms with Gasteiger partial charge >= 0.3 is 5.97 Å². The van der Waals surface area contributed by atoms with Crippen molar-refractivity contribution in [1.82, 2.24) is 4.98 Å². The van der Waals surface area contributed by atoms with Crippen LogP contribution < -0.4 is 4.90 Å². The van der Waals surface area contributed by atoms with Crippen molar-refractivity contribution >= 4 is 22.6 Å². The van der Waals surface area contributed by atoms with Gasteiger partial charge in [0.2, 0.25) is 0 Å². The number of hydrogen-bond acceptors (Lipinski definition) is 3. The maximum atomic E-state index is 12.2. The van der Waals surface area contributed by atoms with Gasteiger partial charge in [-0.05, 0) is 26.8 Å². The number of aromatic nitrogens is 1. The lowest BCUT2D eigenvalue weighted by atomic mass is 9.99. The number of benzene rings is 2. The van der Waals surface area contributed by atoms with Crippen molar-refractivity contribution in [3.05, 3.63) is 59.7 Å². The molecule has 128 valence electrons. The summed E-state index contributed by atoms with van der Waals surface area (Å²) in [6.07, 6.45) is 0. The highest BCUT2D eigenvalue weighted by atomic mass is 16.4. The monoisotopic (exact) mass is 334 g/mol. The Morgan fingerprint density at radius 3 is 2.28 bits per heavy atom. The molecule has 2 aromatic carbocycles. The van der Waals surface area contributed by atoms with Crippen LogP contribution in [0.15, 0.2) is 48.5 Å². The van der Waals surface area contributed by atoms with Crippen LogP contribution in [-0.2, 0) is 0 Å². The first-order valence-corrected chi connectivity index (χ1v) is 8.54. The van der Waals surface area contributed by atoms with Crippen molar-refractivity contribution in [2.75, 3.05) is 18.0 Å². The summed E-state index contributed by atoms with van der Waals surface area (Å²) in [6.45, 7) is 7.53. The number of aromatic carboxylic acids is 1. The largest absolute Gasteiger partial charge is 0.478 e. The molecule has 0 bridgehead atoms. The Morgan fingerprint density at radius 2 is 1.68 bits per heavy atom. The van der Waals surface area contributed by atoms with Crippen molar-refractivity contribution in [2.45, 2.75) is 20.8 Å². The van der Waals surface area contributed by atoms with E-state index in [-0.39, 0.29) is 0 Å². The summed E-state index contributed by atoms with van der Waals surface area (Å²) < 4.78 is 0. The van der Waals surface area contributed by atoms with Crippen LogP contribution in [-0.4, -0.2) is 29.1 Å². The third-order valence-electron chi connectivity index (χ3n) is 4.49. The average Bonchev–Trinajstić information content (AvgIpc) is 2.62. The summed E-state index contributed by atoms with van der Waals surface area (Å²) in [6, 6.07) is 15.5. The molecule has 3 aromatic rings. The minimum absolute atomic E-state index is 0.324. The van der Waals surface area contributed by atoms with Gasteiger partial charge in [-0.2, -0.15) is 0 Å². The summed E-state index contributed by atoms with van der Waals surface area (Å²) in [4.78, 5) is 19.1. The maximum absolute atomic E-state index is 12.2. The fourth-order valence-electron chi connectivity index (χ4n) is 3.18. The number of carboxylic acid groups (broad SMARTS) is 1. The molecule has 4 heteroatoms. The van der Waals surface area contributed by atoms with E-state index in [1.54, 1.807) is 0 Å². The van der Waals surface area contributed by atoms with Gasteiger partial charge in [-0.1, -0.05) is 48.0 Å². The van der Waals surface area contributed by atoms with E-state index in [1.807, 2.05) is 69.3 Å². The third-order valence-corrected chi connectivity index (χ3v) is 4.49. The molecular weight excluding hydrogens is 312 g/mol. The van der Waals surface area contributed by atoms with Crippen LogP contribution in [0.25, 0.3) is 22.2 Å². The van der Waals surface area contributed by atoms with E-state index in [2.05, 4.69) is 4.90 Å². The third kappa shape index (κ3) is 3.07. The van der Waals surface area contributed by atoms with Crippen LogP contribution in [0.2, 0.25) is 0 Å². The van der Waals surface area contributed by atoms with Crippen molar-refractivity contribution in [1.29, 1.82) is 0 Å². The number of pyridine rings is 1. The number of para-hydroxylation sites is 1. The van der Waals surface area contributed by atoms with Crippen LogP contribution in [0, 0.1) is 6.92 Å². The van der Waals surface area contributed by atoms with Gasteiger partial charge in [0.1, 0.15) is 0 Å². The number of aryl methyl sites for hydroxylation is 1. The second kappa shape index (κ2) is 6.93. The van der Waals surface area contributed by atoms with Crippen LogP contribution in [0.4, 0.5) is 5.69 Å². The molecule has 0 saturated carbocycles. The highest BCUT2D eigenvalue weighted by molar-refractivity contribution is 6.10. The highest BCUT2D eigenvalue weighted by Gasteiger charge is 2.24. The summed E-state index contributed by atoms with van der Waals surface area (Å²) >= 11 is 0. The van der Waals surface area contributed by atoms with E-state index in [1.165, 1.54) is 0 Å². The van der Waals surface area contributed by atoms with E-state index in [0.717, 1.165) is 29.9 Å². The second-order valence-corrected chi connectivity index (χ2v) is 6.04. The summed E-state index contributed by atoms with van der Waals surface area (Å²) in [5.74, 6) is -0.922. The number of nitrogens with zero attached hydrogens (tertiary/aromatic N) is 2. The number of rotatable bonds is 5. The molecule has 1 N–H and O–H groups in total. The molecule has 0 aliphatic carbocycles. The van der Waals surface area contributed by atoms with Crippen LogP contribution in [0.1, 0.15) is 29.8 Å². The fraction of sp³-hybridized carbons (Fsp3) is 0.238. The lowest BCUT2D eigenvalue weighted by Gasteiger charge is -2.26. The molecule has 0 atom stereocenters. The molecular formula is C21H22N2O2. The van der Waals surface area contributed by atoms with E-state index in [4.69, 9.17) is 4.98 Å².